The van der Waals surface area contributed by atoms with Gasteiger partial charge >= 0.3 is 0 Å². The summed E-state index contributed by atoms with van der Waals surface area (Å²) < 4.78 is 5.29. The molecule has 0 aromatic carbocycles. The van der Waals surface area contributed by atoms with E-state index >= 15 is 0 Å². The second-order valence-corrected chi connectivity index (χ2v) is 4.38. The normalized spacial score (nSPS) is 21.8. The molecular formula is C11H25N3O. The first-order valence-corrected chi connectivity index (χ1v) is 5.89. The minimum absolute atomic E-state index is 0.562. The average Bonchev–Trinajstić information content (AvgIpc) is 2.25. The van der Waals surface area contributed by atoms with E-state index in [2.05, 4.69) is 16.8 Å². The van der Waals surface area contributed by atoms with Gasteiger partial charge in [0.1, 0.15) is 0 Å². The van der Waals surface area contributed by atoms with Crippen LogP contribution in [0.4, 0.5) is 0 Å². The Bertz CT molecular complexity index is 158. The standard InChI is InChI=1S/C11H25N3O/c1-13-6-8-14(9-7-13)11(10-15-2)4-3-5-12/h11H,3-10,12H2,1-2H3. The summed E-state index contributed by atoms with van der Waals surface area (Å²) in [6.45, 7) is 6.29. The van der Waals surface area contributed by atoms with Crippen LogP contribution in [0.15, 0.2) is 0 Å². The van der Waals surface area contributed by atoms with Crippen molar-refractivity contribution < 1.29 is 4.74 Å². The monoisotopic (exact) mass is 215 g/mol. The maximum Gasteiger partial charge on any atom is 0.0618 e. The van der Waals surface area contributed by atoms with Gasteiger partial charge in [-0.25, -0.2) is 0 Å². The number of ether oxygens (including phenoxy) is 1. The van der Waals surface area contributed by atoms with Crippen LogP contribution in [-0.4, -0.2) is 69.3 Å². The Morgan fingerprint density at radius 3 is 2.47 bits per heavy atom. The molecule has 1 heterocycles. The number of nitrogens with zero attached hydrogens (tertiary/aromatic N) is 2. The lowest BCUT2D eigenvalue weighted by Crippen LogP contribution is -2.50. The van der Waals surface area contributed by atoms with E-state index in [-0.39, 0.29) is 0 Å². The zero-order valence-electron chi connectivity index (χ0n) is 10.1. The van der Waals surface area contributed by atoms with Crippen LogP contribution < -0.4 is 5.73 Å². The molecule has 0 spiro atoms. The number of hydrogen-bond acceptors (Lipinski definition) is 4. The third-order valence-corrected chi connectivity index (χ3v) is 3.15. The molecule has 4 heteroatoms. The molecule has 0 aliphatic carbocycles. The predicted molar refractivity (Wildman–Crippen MR) is 63.0 cm³/mol. The van der Waals surface area contributed by atoms with Gasteiger partial charge < -0.3 is 15.4 Å². The van der Waals surface area contributed by atoms with Crippen molar-refractivity contribution in [3.8, 4) is 0 Å². The topological polar surface area (TPSA) is 41.7 Å². The maximum atomic E-state index is 5.56. The molecule has 1 unspecified atom stereocenters. The van der Waals surface area contributed by atoms with E-state index in [0.29, 0.717) is 6.04 Å². The Balaban J connectivity index is 2.33. The molecule has 15 heavy (non-hydrogen) atoms. The molecule has 1 aliphatic rings. The molecule has 0 bridgehead atoms. The van der Waals surface area contributed by atoms with Gasteiger partial charge in [0.2, 0.25) is 0 Å². The average molecular weight is 215 g/mol. The van der Waals surface area contributed by atoms with E-state index in [0.717, 1.165) is 39.1 Å². The van der Waals surface area contributed by atoms with Crippen molar-refractivity contribution in [2.24, 2.45) is 5.73 Å². The first-order chi connectivity index (χ1) is 7.27. The molecule has 0 saturated carbocycles. The third kappa shape index (κ3) is 4.47. The van der Waals surface area contributed by atoms with E-state index in [1.54, 1.807) is 7.11 Å². The number of methoxy groups -OCH3 is 1. The first-order valence-electron chi connectivity index (χ1n) is 5.89. The minimum Gasteiger partial charge on any atom is -0.383 e. The summed E-state index contributed by atoms with van der Waals surface area (Å²) in [4.78, 5) is 4.92. The van der Waals surface area contributed by atoms with E-state index in [9.17, 15) is 0 Å². The predicted octanol–water partition coefficient (Wildman–Crippen LogP) is -0.0123. The van der Waals surface area contributed by atoms with Crippen LogP contribution in [0.3, 0.4) is 0 Å². The van der Waals surface area contributed by atoms with E-state index in [1.165, 1.54) is 13.1 Å². The summed E-state index contributed by atoms with van der Waals surface area (Å²) in [6, 6.07) is 0.562. The number of hydrogen-bond donors (Lipinski definition) is 1. The summed E-state index contributed by atoms with van der Waals surface area (Å²) in [7, 11) is 3.97. The van der Waals surface area contributed by atoms with Gasteiger partial charge in [0.15, 0.2) is 0 Å². The van der Waals surface area contributed by atoms with Gasteiger partial charge in [0.05, 0.1) is 6.61 Å². The fourth-order valence-corrected chi connectivity index (χ4v) is 2.10. The Hall–Kier alpha value is -0.160. The van der Waals surface area contributed by atoms with E-state index in [1.807, 2.05) is 0 Å². The minimum atomic E-state index is 0.562. The lowest BCUT2D eigenvalue weighted by molar-refractivity contribution is 0.0520. The molecule has 1 fully saturated rings. The van der Waals surface area contributed by atoms with Gasteiger partial charge in [0, 0.05) is 39.3 Å². The Morgan fingerprint density at radius 2 is 1.93 bits per heavy atom. The summed E-state index contributed by atoms with van der Waals surface area (Å²) in [5.74, 6) is 0. The van der Waals surface area contributed by atoms with Crippen molar-refractivity contribution in [2.45, 2.75) is 18.9 Å². The van der Waals surface area contributed by atoms with Crippen molar-refractivity contribution in [3.63, 3.8) is 0 Å². The molecule has 0 aromatic heterocycles. The largest absolute Gasteiger partial charge is 0.383 e. The van der Waals surface area contributed by atoms with Gasteiger partial charge in [-0.3, -0.25) is 4.90 Å². The van der Waals surface area contributed by atoms with Gasteiger partial charge in [-0.15, -0.1) is 0 Å². The highest BCUT2D eigenvalue weighted by molar-refractivity contribution is 4.77. The zero-order chi connectivity index (χ0) is 11.1. The van der Waals surface area contributed by atoms with Gasteiger partial charge in [0.25, 0.3) is 0 Å². The number of likely N-dealkylation sites (N-methyl/N-ethyl adjacent to an activating group) is 1. The van der Waals surface area contributed by atoms with Crippen LogP contribution in [0, 0.1) is 0 Å². The SMILES string of the molecule is COCC(CCCN)N1CCN(C)CC1. The van der Waals surface area contributed by atoms with E-state index < -0.39 is 0 Å². The highest BCUT2D eigenvalue weighted by atomic mass is 16.5. The molecule has 1 atom stereocenters. The van der Waals surface area contributed by atoms with Crippen LogP contribution in [0.2, 0.25) is 0 Å². The lowest BCUT2D eigenvalue weighted by atomic mass is 10.1. The Labute approximate surface area is 93.4 Å². The van der Waals surface area contributed by atoms with Crippen molar-refractivity contribution in [3.05, 3.63) is 0 Å². The van der Waals surface area contributed by atoms with Crippen LogP contribution in [0.1, 0.15) is 12.8 Å². The molecule has 0 aromatic rings. The van der Waals surface area contributed by atoms with Gasteiger partial charge in [-0.05, 0) is 26.4 Å². The summed E-state index contributed by atoms with van der Waals surface area (Å²) in [5.41, 5.74) is 5.56. The highest BCUT2D eigenvalue weighted by Gasteiger charge is 2.21. The highest BCUT2D eigenvalue weighted by Crippen LogP contribution is 2.10. The van der Waals surface area contributed by atoms with Crippen LogP contribution in [0.25, 0.3) is 0 Å². The fraction of sp³-hybridized carbons (Fsp3) is 1.00. The second-order valence-electron chi connectivity index (χ2n) is 4.38. The molecule has 0 radical (unpaired) electrons. The van der Waals surface area contributed by atoms with Crippen molar-refractivity contribution in [1.29, 1.82) is 0 Å². The Kier molecular flexibility index (Phi) is 6.17. The maximum absolute atomic E-state index is 5.56. The zero-order valence-corrected chi connectivity index (χ0v) is 10.1. The number of nitrogens with two attached hydrogens (primary N) is 1. The molecule has 4 nitrogen and oxygen atoms in total. The number of rotatable bonds is 6. The van der Waals surface area contributed by atoms with Gasteiger partial charge in [-0.2, -0.15) is 0 Å². The molecule has 0 amide bonds. The number of piperazine rings is 1. The fourth-order valence-electron chi connectivity index (χ4n) is 2.10. The van der Waals surface area contributed by atoms with E-state index in [4.69, 9.17) is 10.5 Å². The Morgan fingerprint density at radius 1 is 1.27 bits per heavy atom. The molecule has 1 saturated heterocycles. The molecular weight excluding hydrogens is 190 g/mol. The molecule has 1 rings (SSSR count). The van der Waals surface area contributed by atoms with Crippen LogP contribution in [0.5, 0.6) is 0 Å². The first kappa shape index (κ1) is 12.9. The van der Waals surface area contributed by atoms with Crippen molar-refractivity contribution in [2.75, 3.05) is 53.5 Å². The lowest BCUT2D eigenvalue weighted by Gasteiger charge is -2.37. The van der Waals surface area contributed by atoms with Gasteiger partial charge in [-0.1, -0.05) is 0 Å². The smallest absolute Gasteiger partial charge is 0.0618 e. The summed E-state index contributed by atoms with van der Waals surface area (Å²) in [6.07, 6.45) is 2.26. The second kappa shape index (κ2) is 7.17. The molecule has 2 N–H and O–H groups in total. The molecule has 1 aliphatic heterocycles. The van der Waals surface area contributed by atoms with Crippen molar-refractivity contribution in [1.82, 2.24) is 9.80 Å². The van der Waals surface area contributed by atoms with Crippen LogP contribution >= 0.6 is 0 Å². The summed E-state index contributed by atoms with van der Waals surface area (Å²) >= 11 is 0. The summed E-state index contributed by atoms with van der Waals surface area (Å²) in [5, 5.41) is 0. The third-order valence-electron chi connectivity index (χ3n) is 3.15. The quantitative estimate of drug-likeness (QED) is 0.676. The molecule has 90 valence electrons. The van der Waals surface area contributed by atoms with Crippen LogP contribution in [-0.2, 0) is 4.74 Å². The van der Waals surface area contributed by atoms with Crippen molar-refractivity contribution >= 4 is 0 Å².